The molecule has 0 saturated carbocycles. The van der Waals surface area contributed by atoms with E-state index in [1.165, 1.54) is 16.7 Å². The second kappa shape index (κ2) is 4.70. The highest BCUT2D eigenvalue weighted by atomic mass is 16.3. The first-order chi connectivity index (χ1) is 8.65. The van der Waals surface area contributed by atoms with Crippen LogP contribution in [0.5, 0.6) is 5.88 Å². The van der Waals surface area contributed by atoms with Crippen molar-refractivity contribution in [2.45, 2.75) is 0 Å². The number of aromatic hydroxyl groups is 1. The Kier molecular flexibility index (Phi) is 3.09. The molecular formula is C12H11N3O3. The molecule has 0 saturated heterocycles. The third kappa shape index (κ3) is 1.95. The average Bonchev–Trinajstić information content (AvgIpc) is 2.36. The lowest BCUT2D eigenvalue weighted by Crippen LogP contribution is -2.31. The molecule has 0 aliphatic heterocycles. The molecule has 6 nitrogen and oxygen atoms in total. The number of hydrogen-bond donors (Lipinski definition) is 2. The molecule has 0 radical (unpaired) electrons. The van der Waals surface area contributed by atoms with Crippen molar-refractivity contribution in [1.82, 2.24) is 14.7 Å². The van der Waals surface area contributed by atoms with Crippen LogP contribution in [0.25, 0.3) is 5.65 Å². The smallest absolute Gasteiger partial charge is 0.274 e. The Bertz CT molecular complexity index is 676. The highest BCUT2D eigenvalue weighted by molar-refractivity contribution is 5.96. The molecule has 1 amide bonds. The fourth-order valence-electron chi connectivity index (χ4n) is 1.53. The van der Waals surface area contributed by atoms with E-state index in [0.29, 0.717) is 0 Å². The molecule has 0 unspecified atom stereocenters. The number of aromatic nitrogens is 2. The van der Waals surface area contributed by atoms with E-state index in [-0.39, 0.29) is 17.8 Å². The van der Waals surface area contributed by atoms with Gasteiger partial charge in [0.1, 0.15) is 5.65 Å². The van der Waals surface area contributed by atoms with Crippen LogP contribution in [-0.2, 0) is 0 Å². The first-order valence-corrected chi connectivity index (χ1v) is 5.24. The van der Waals surface area contributed by atoms with E-state index in [9.17, 15) is 14.7 Å². The van der Waals surface area contributed by atoms with Gasteiger partial charge in [0.15, 0.2) is 5.56 Å². The first kappa shape index (κ1) is 11.8. The first-order valence-electron chi connectivity index (χ1n) is 5.24. The van der Waals surface area contributed by atoms with Crippen LogP contribution >= 0.6 is 0 Å². The molecule has 0 aliphatic carbocycles. The fraction of sp³-hybridized carbons (Fsp3) is 0.0833. The summed E-state index contributed by atoms with van der Waals surface area (Å²) in [6.07, 6.45) is 2.95. The van der Waals surface area contributed by atoms with Gasteiger partial charge in [-0.25, -0.2) is 0 Å². The van der Waals surface area contributed by atoms with Gasteiger partial charge in [-0.2, -0.15) is 4.98 Å². The van der Waals surface area contributed by atoms with Crippen molar-refractivity contribution in [1.29, 1.82) is 0 Å². The Balaban J connectivity index is 2.61. The highest BCUT2D eigenvalue weighted by Crippen LogP contribution is 2.10. The van der Waals surface area contributed by atoms with Gasteiger partial charge in [-0.05, 0) is 12.1 Å². The molecule has 0 atom stereocenters. The molecule has 0 spiro atoms. The van der Waals surface area contributed by atoms with Crippen LogP contribution in [0, 0.1) is 0 Å². The Labute approximate surface area is 102 Å². The standard InChI is InChI=1S/C12H11N3O3/c1-2-6-13-10(16)9-11(17)14-8-5-3-4-7-15(8)12(9)18/h2-5,7,17H,1,6H2,(H,13,16). The van der Waals surface area contributed by atoms with Crippen molar-refractivity contribution in [3.63, 3.8) is 0 Å². The molecule has 2 aromatic heterocycles. The number of hydrogen-bond acceptors (Lipinski definition) is 4. The number of amides is 1. The number of nitrogens with one attached hydrogen (secondary N) is 1. The summed E-state index contributed by atoms with van der Waals surface area (Å²) in [6.45, 7) is 3.65. The lowest BCUT2D eigenvalue weighted by Gasteiger charge is -2.06. The van der Waals surface area contributed by atoms with Crippen molar-refractivity contribution in [3.05, 3.63) is 53.0 Å². The van der Waals surface area contributed by atoms with Gasteiger partial charge < -0.3 is 10.4 Å². The van der Waals surface area contributed by atoms with Crippen molar-refractivity contribution < 1.29 is 9.90 Å². The average molecular weight is 245 g/mol. The van der Waals surface area contributed by atoms with Crippen LogP contribution in [0.3, 0.4) is 0 Å². The number of rotatable bonds is 3. The van der Waals surface area contributed by atoms with Crippen molar-refractivity contribution in [2.75, 3.05) is 6.54 Å². The molecule has 0 aromatic carbocycles. The van der Waals surface area contributed by atoms with Gasteiger partial charge in [-0.3, -0.25) is 14.0 Å². The molecule has 2 heterocycles. The molecule has 0 fully saturated rings. The third-order valence-corrected chi connectivity index (χ3v) is 2.35. The summed E-state index contributed by atoms with van der Waals surface area (Å²) >= 11 is 0. The van der Waals surface area contributed by atoms with E-state index in [1.54, 1.807) is 18.2 Å². The van der Waals surface area contributed by atoms with E-state index in [2.05, 4.69) is 16.9 Å². The van der Waals surface area contributed by atoms with Gasteiger partial charge in [0.05, 0.1) is 0 Å². The van der Waals surface area contributed by atoms with Crippen molar-refractivity contribution in [2.24, 2.45) is 0 Å². The van der Waals surface area contributed by atoms with Crippen LogP contribution in [0.4, 0.5) is 0 Å². The monoisotopic (exact) mass is 245 g/mol. The Morgan fingerprint density at radius 1 is 1.56 bits per heavy atom. The largest absolute Gasteiger partial charge is 0.493 e. The normalized spacial score (nSPS) is 10.2. The molecule has 2 rings (SSSR count). The predicted octanol–water partition coefficient (Wildman–Crippen LogP) is 0.316. The number of nitrogens with zero attached hydrogens (tertiary/aromatic N) is 2. The summed E-state index contributed by atoms with van der Waals surface area (Å²) in [7, 11) is 0. The van der Waals surface area contributed by atoms with Crippen LogP contribution < -0.4 is 10.9 Å². The number of fused-ring (bicyclic) bond motifs is 1. The lowest BCUT2D eigenvalue weighted by molar-refractivity contribution is 0.0953. The summed E-state index contributed by atoms with van der Waals surface area (Å²) in [5.41, 5.74) is -0.708. The quantitative estimate of drug-likeness (QED) is 0.762. The van der Waals surface area contributed by atoms with Gasteiger partial charge in [0, 0.05) is 12.7 Å². The van der Waals surface area contributed by atoms with Crippen LogP contribution in [0.2, 0.25) is 0 Å². The summed E-state index contributed by atoms with van der Waals surface area (Å²) in [6, 6.07) is 4.88. The number of carbonyl (C=O) groups excluding carboxylic acids is 1. The second-order valence-corrected chi connectivity index (χ2v) is 3.54. The van der Waals surface area contributed by atoms with E-state index in [1.807, 2.05) is 0 Å². The zero-order valence-electron chi connectivity index (χ0n) is 9.46. The second-order valence-electron chi connectivity index (χ2n) is 3.54. The SMILES string of the molecule is C=CCNC(=O)c1c(O)nc2ccccn2c1=O. The number of pyridine rings is 1. The zero-order valence-corrected chi connectivity index (χ0v) is 9.46. The fourth-order valence-corrected chi connectivity index (χ4v) is 1.53. The van der Waals surface area contributed by atoms with Gasteiger partial charge in [-0.15, -0.1) is 6.58 Å². The Morgan fingerprint density at radius 2 is 2.33 bits per heavy atom. The predicted molar refractivity (Wildman–Crippen MR) is 65.7 cm³/mol. The van der Waals surface area contributed by atoms with Gasteiger partial charge in [0.25, 0.3) is 11.5 Å². The Hall–Kier alpha value is -2.63. The topological polar surface area (TPSA) is 83.7 Å². The Morgan fingerprint density at radius 3 is 3.06 bits per heavy atom. The maximum Gasteiger partial charge on any atom is 0.274 e. The van der Waals surface area contributed by atoms with E-state index >= 15 is 0 Å². The van der Waals surface area contributed by atoms with Gasteiger partial charge in [-0.1, -0.05) is 12.1 Å². The minimum absolute atomic E-state index is 0.204. The minimum Gasteiger partial charge on any atom is -0.493 e. The summed E-state index contributed by atoms with van der Waals surface area (Å²) in [4.78, 5) is 27.5. The maximum atomic E-state index is 12.0. The van der Waals surface area contributed by atoms with Crippen LogP contribution in [0.1, 0.15) is 10.4 Å². The molecule has 0 bridgehead atoms. The zero-order chi connectivity index (χ0) is 13.1. The molecule has 0 aliphatic rings. The molecular weight excluding hydrogens is 234 g/mol. The van der Waals surface area contributed by atoms with E-state index < -0.39 is 17.3 Å². The lowest BCUT2D eigenvalue weighted by atomic mass is 10.3. The summed E-state index contributed by atoms with van der Waals surface area (Å²) in [5, 5.41) is 12.1. The summed E-state index contributed by atoms with van der Waals surface area (Å²) in [5.74, 6) is -1.25. The minimum atomic E-state index is -0.678. The molecule has 2 N–H and O–H groups in total. The molecule has 6 heteroatoms. The van der Waals surface area contributed by atoms with E-state index in [4.69, 9.17) is 0 Å². The summed E-state index contributed by atoms with van der Waals surface area (Å²) < 4.78 is 1.20. The van der Waals surface area contributed by atoms with Crippen molar-refractivity contribution in [3.8, 4) is 5.88 Å². The third-order valence-electron chi connectivity index (χ3n) is 2.35. The maximum absolute atomic E-state index is 12.0. The number of carbonyl (C=O) groups is 1. The molecule has 18 heavy (non-hydrogen) atoms. The van der Waals surface area contributed by atoms with Crippen LogP contribution in [0.15, 0.2) is 41.8 Å². The van der Waals surface area contributed by atoms with Gasteiger partial charge in [0.2, 0.25) is 5.88 Å². The van der Waals surface area contributed by atoms with Crippen molar-refractivity contribution >= 4 is 11.6 Å². The molecule has 92 valence electrons. The van der Waals surface area contributed by atoms with Crippen LogP contribution in [-0.4, -0.2) is 26.9 Å². The van der Waals surface area contributed by atoms with Gasteiger partial charge >= 0.3 is 0 Å². The van der Waals surface area contributed by atoms with E-state index in [0.717, 1.165) is 0 Å². The highest BCUT2D eigenvalue weighted by Gasteiger charge is 2.18. The molecule has 2 aromatic rings.